The fourth-order valence-electron chi connectivity index (χ4n) is 3.21. The van der Waals surface area contributed by atoms with Crippen molar-refractivity contribution in [2.75, 3.05) is 0 Å². The highest BCUT2D eigenvalue weighted by atomic mass is 16.7. The minimum atomic E-state index is -1.07. The minimum absolute atomic E-state index is 0.148. The maximum Gasteiger partial charge on any atom is 0.369 e. The third-order valence-electron chi connectivity index (χ3n) is 4.61. The van der Waals surface area contributed by atoms with Crippen LogP contribution >= 0.6 is 0 Å². The maximum atomic E-state index is 12.7. The summed E-state index contributed by atoms with van der Waals surface area (Å²) < 4.78 is 1.37. The van der Waals surface area contributed by atoms with Crippen LogP contribution in [0.4, 0.5) is 0 Å². The van der Waals surface area contributed by atoms with E-state index < -0.39 is 23.3 Å². The van der Waals surface area contributed by atoms with Crippen LogP contribution in [0.2, 0.25) is 0 Å². The Morgan fingerprint density at radius 3 is 2.24 bits per heavy atom. The third kappa shape index (κ3) is 3.34. The summed E-state index contributed by atoms with van der Waals surface area (Å²) in [5, 5.41) is 0.393. The number of rotatable bonds is 4. The normalized spacial score (nSPS) is 12.8. The maximum absolute atomic E-state index is 12.7. The van der Waals surface area contributed by atoms with Gasteiger partial charge in [0.25, 0.3) is 17.4 Å². The summed E-state index contributed by atoms with van der Waals surface area (Å²) in [5.74, 6) is -2.55. The van der Waals surface area contributed by atoms with Crippen molar-refractivity contribution >= 4 is 17.8 Å². The van der Waals surface area contributed by atoms with Crippen molar-refractivity contribution in [1.82, 2.24) is 9.63 Å². The number of hydroxylamine groups is 2. The van der Waals surface area contributed by atoms with Crippen LogP contribution in [-0.2, 0) is 11.4 Å². The van der Waals surface area contributed by atoms with Gasteiger partial charge in [0.1, 0.15) is 5.56 Å². The molecule has 4 rings (SSSR count). The number of carbonyl (C=O) groups is 3. The number of benzene rings is 2. The molecule has 2 amide bonds. The van der Waals surface area contributed by atoms with E-state index >= 15 is 0 Å². The molecule has 29 heavy (non-hydrogen) atoms. The third-order valence-corrected chi connectivity index (χ3v) is 4.61. The molecule has 0 bridgehead atoms. The number of pyridine rings is 1. The van der Waals surface area contributed by atoms with Crippen molar-refractivity contribution in [2.45, 2.75) is 13.5 Å². The molecule has 0 radical (unpaired) electrons. The lowest BCUT2D eigenvalue weighted by atomic mass is 10.1. The Morgan fingerprint density at radius 2 is 1.59 bits per heavy atom. The van der Waals surface area contributed by atoms with Gasteiger partial charge in [0.05, 0.1) is 17.7 Å². The summed E-state index contributed by atoms with van der Waals surface area (Å²) in [6.45, 7) is 2.22. The second-order valence-electron chi connectivity index (χ2n) is 6.67. The lowest BCUT2D eigenvalue weighted by molar-refractivity contribution is -0.0586. The molecule has 1 aromatic heterocycles. The van der Waals surface area contributed by atoms with Crippen molar-refractivity contribution in [3.63, 3.8) is 0 Å². The van der Waals surface area contributed by atoms with Crippen molar-refractivity contribution in [3.05, 3.63) is 105 Å². The molecule has 0 atom stereocenters. The molecule has 0 aliphatic carbocycles. The standard InChI is InChI=1S/C22H16N2O5/c1-14-6-4-7-15(12-14)13-23-11-5-10-18(19(23)25)22(28)29-24-20(26)16-8-2-3-9-17(16)21(24)27/h2-12H,13H2,1H3. The molecular weight excluding hydrogens is 372 g/mol. The zero-order chi connectivity index (χ0) is 20.5. The van der Waals surface area contributed by atoms with Gasteiger partial charge in [-0.15, -0.1) is 0 Å². The summed E-state index contributed by atoms with van der Waals surface area (Å²) >= 11 is 0. The second kappa shape index (κ2) is 7.20. The number of imide groups is 1. The molecule has 0 saturated heterocycles. The molecule has 0 fully saturated rings. The summed E-state index contributed by atoms with van der Waals surface area (Å²) in [6, 6.07) is 16.7. The zero-order valence-electron chi connectivity index (χ0n) is 15.5. The molecule has 2 heterocycles. The van der Waals surface area contributed by atoms with Gasteiger partial charge in [0, 0.05) is 6.20 Å². The number of nitrogens with zero attached hydrogens (tertiary/aromatic N) is 2. The number of hydrogen-bond donors (Lipinski definition) is 0. The molecule has 0 saturated carbocycles. The fraction of sp³-hybridized carbons (Fsp3) is 0.0909. The Morgan fingerprint density at radius 1 is 0.897 bits per heavy atom. The molecule has 0 N–H and O–H groups in total. The summed E-state index contributed by atoms with van der Waals surface area (Å²) in [5.41, 5.74) is 1.41. The zero-order valence-corrected chi connectivity index (χ0v) is 15.5. The Balaban J connectivity index is 1.58. The number of hydrogen-bond acceptors (Lipinski definition) is 5. The van der Waals surface area contributed by atoms with Gasteiger partial charge in [-0.1, -0.05) is 47.0 Å². The first-order chi connectivity index (χ1) is 14.0. The Labute approximate surface area is 165 Å². The Bertz CT molecular complexity index is 1180. The van der Waals surface area contributed by atoms with E-state index in [1.807, 2.05) is 31.2 Å². The lowest BCUT2D eigenvalue weighted by Gasteiger charge is -2.13. The van der Waals surface area contributed by atoms with E-state index in [-0.39, 0.29) is 23.2 Å². The highest BCUT2D eigenvalue weighted by molar-refractivity contribution is 6.21. The highest BCUT2D eigenvalue weighted by Crippen LogP contribution is 2.23. The van der Waals surface area contributed by atoms with Crippen LogP contribution < -0.4 is 5.56 Å². The van der Waals surface area contributed by atoms with Crippen molar-refractivity contribution < 1.29 is 19.2 Å². The minimum Gasteiger partial charge on any atom is -0.324 e. The van der Waals surface area contributed by atoms with Crippen LogP contribution in [0.3, 0.4) is 0 Å². The van der Waals surface area contributed by atoms with Gasteiger partial charge in [0.15, 0.2) is 0 Å². The smallest absolute Gasteiger partial charge is 0.324 e. The number of aryl methyl sites for hydroxylation is 1. The average molecular weight is 388 g/mol. The molecule has 7 nitrogen and oxygen atoms in total. The number of amides is 2. The van der Waals surface area contributed by atoms with Crippen LogP contribution in [-0.4, -0.2) is 27.4 Å². The van der Waals surface area contributed by atoms with Crippen molar-refractivity contribution in [2.24, 2.45) is 0 Å². The van der Waals surface area contributed by atoms with Gasteiger partial charge in [0.2, 0.25) is 0 Å². The van der Waals surface area contributed by atoms with Crippen LogP contribution in [0.1, 0.15) is 42.2 Å². The molecule has 3 aromatic rings. The second-order valence-corrected chi connectivity index (χ2v) is 6.67. The topological polar surface area (TPSA) is 85.7 Å². The monoisotopic (exact) mass is 388 g/mol. The van der Waals surface area contributed by atoms with Gasteiger partial charge < -0.3 is 9.40 Å². The van der Waals surface area contributed by atoms with Gasteiger partial charge in [-0.2, -0.15) is 0 Å². The first-order valence-corrected chi connectivity index (χ1v) is 8.91. The molecule has 1 aliphatic rings. The first kappa shape index (κ1) is 18.4. The predicted octanol–water partition coefficient (Wildman–Crippen LogP) is 2.57. The predicted molar refractivity (Wildman–Crippen MR) is 103 cm³/mol. The highest BCUT2D eigenvalue weighted by Gasteiger charge is 2.39. The number of aromatic nitrogens is 1. The molecule has 144 valence electrons. The first-order valence-electron chi connectivity index (χ1n) is 8.91. The van der Waals surface area contributed by atoms with E-state index in [2.05, 4.69) is 0 Å². The van der Waals surface area contributed by atoms with Gasteiger partial charge in [-0.3, -0.25) is 14.4 Å². The molecular formula is C22H16N2O5. The van der Waals surface area contributed by atoms with Gasteiger partial charge in [-0.25, -0.2) is 4.79 Å². The number of fused-ring (bicyclic) bond motifs is 1. The average Bonchev–Trinajstić information content (AvgIpc) is 2.95. The largest absolute Gasteiger partial charge is 0.369 e. The van der Waals surface area contributed by atoms with E-state index in [9.17, 15) is 19.2 Å². The Hall–Kier alpha value is -4.00. The van der Waals surface area contributed by atoms with Crippen LogP contribution in [0.25, 0.3) is 0 Å². The van der Waals surface area contributed by atoms with E-state index in [4.69, 9.17) is 4.84 Å². The van der Waals surface area contributed by atoms with Crippen LogP contribution in [0.15, 0.2) is 71.7 Å². The lowest BCUT2D eigenvalue weighted by Crippen LogP contribution is -2.35. The number of carbonyl (C=O) groups excluding carboxylic acids is 3. The molecule has 0 unspecified atom stereocenters. The van der Waals surface area contributed by atoms with E-state index in [0.29, 0.717) is 5.06 Å². The van der Waals surface area contributed by atoms with Crippen molar-refractivity contribution in [1.29, 1.82) is 0 Å². The fourth-order valence-corrected chi connectivity index (χ4v) is 3.21. The van der Waals surface area contributed by atoms with E-state index in [1.165, 1.54) is 28.8 Å². The summed E-state index contributed by atoms with van der Waals surface area (Å²) in [6.07, 6.45) is 1.56. The van der Waals surface area contributed by atoms with Crippen molar-refractivity contribution in [3.8, 4) is 0 Å². The molecule has 0 spiro atoms. The SMILES string of the molecule is Cc1cccc(Cn2cccc(C(=O)ON3C(=O)c4ccccc4C3=O)c2=O)c1. The van der Waals surface area contributed by atoms with Gasteiger partial charge >= 0.3 is 5.97 Å². The Kier molecular flexibility index (Phi) is 4.56. The van der Waals surface area contributed by atoms with E-state index in [1.54, 1.807) is 18.3 Å². The van der Waals surface area contributed by atoms with Crippen LogP contribution in [0, 0.1) is 6.92 Å². The quantitative estimate of drug-likeness (QED) is 0.642. The van der Waals surface area contributed by atoms with Crippen LogP contribution in [0.5, 0.6) is 0 Å². The molecule has 2 aromatic carbocycles. The summed E-state index contributed by atoms with van der Waals surface area (Å²) in [4.78, 5) is 54.9. The summed E-state index contributed by atoms with van der Waals surface area (Å²) in [7, 11) is 0. The molecule has 1 aliphatic heterocycles. The molecule has 7 heteroatoms. The van der Waals surface area contributed by atoms with E-state index in [0.717, 1.165) is 11.1 Å². The van der Waals surface area contributed by atoms with Gasteiger partial charge in [-0.05, 0) is 36.8 Å².